The molecule has 4 aromatic carbocycles. The number of carbonyl (C=O) groups is 1. The van der Waals surface area contributed by atoms with E-state index >= 15 is 0 Å². The minimum atomic E-state index is -0.00515. The zero-order chi connectivity index (χ0) is 30.2. The molecule has 1 aliphatic rings. The summed E-state index contributed by atoms with van der Waals surface area (Å²) in [5, 5.41) is 6.80. The van der Waals surface area contributed by atoms with Crippen molar-refractivity contribution in [3.8, 4) is 17.2 Å². The first-order valence-corrected chi connectivity index (χ1v) is 14.3. The number of methoxy groups -OCH3 is 3. The van der Waals surface area contributed by atoms with Gasteiger partial charge in [0, 0.05) is 29.6 Å². The Labute approximate surface area is 257 Å². The van der Waals surface area contributed by atoms with Crippen molar-refractivity contribution in [1.82, 2.24) is 0 Å². The number of para-hydroxylation sites is 3. The number of rotatable bonds is 10. The van der Waals surface area contributed by atoms with E-state index < -0.39 is 0 Å². The third-order valence-electron chi connectivity index (χ3n) is 7.22. The van der Waals surface area contributed by atoms with Gasteiger partial charge in [-0.15, -0.1) is 0 Å². The maximum Gasteiger partial charge on any atom is 0.203 e. The minimum Gasteiger partial charge on any atom is -0.493 e. The van der Waals surface area contributed by atoms with Crippen LogP contribution in [0.4, 0.5) is 17.1 Å². The number of ketones is 1. The first-order chi connectivity index (χ1) is 21.0. The lowest BCUT2D eigenvalue weighted by molar-refractivity contribution is -0.115. The predicted molar refractivity (Wildman–Crippen MR) is 177 cm³/mol. The highest BCUT2D eigenvalue weighted by molar-refractivity contribution is 7.81. The second-order valence-electron chi connectivity index (χ2n) is 9.97. The van der Waals surface area contributed by atoms with Gasteiger partial charge in [0.05, 0.1) is 38.3 Å². The molecule has 5 rings (SSSR count). The molecule has 1 aliphatic carbocycles. The van der Waals surface area contributed by atoms with E-state index in [1.165, 1.54) is 0 Å². The molecule has 4 aromatic rings. The van der Waals surface area contributed by atoms with Gasteiger partial charge in [-0.3, -0.25) is 9.79 Å². The SMILES string of the molecule is COc1cc(C=Nc2ccccc2NC2=C(C(=S)Nc3ccccc3)C(=O)C[C@H](c3ccccc3)C2)cc(OC)c1OC. The summed E-state index contributed by atoms with van der Waals surface area (Å²) in [6, 6.07) is 31.1. The molecule has 218 valence electrons. The van der Waals surface area contributed by atoms with Crippen molar-refractivity contribution in [2.75, 3.05) is 32.0 Å². The summed E-state index contributed by atoms with van der Waals surface area (Å²) in [7, 11) is 4.72. The highest BCUT2D eigenvalue weighted by Crippen LogP contribution is 2.39. The van der Waals surface area contributed by atoms with Gasteiger partial charge in [0.15, 0.2) is 17.3 Å². The van der Waals surface area contributed by atoms with E-state index in [4.69, 9.17) is 31.4 Å². The van der Waals surface area contributed by atoms with Crippen molar-refractivity contribution in [1.29, 1.82) is 0 Å². The Bertz CT molecular complexity index is 1640. The molecular formula is C35H33N3O4S. The average molecular weight is 592 g/mol. The van der Waals surface area contributed by atoms with Crippen molar-refractivity contribution >= 4 is 46.3 Å². The molecule has 0 bridgehead atoms. The van der Waals surface area contributed by atoms with E-state index in [0.717, 1.165) is 28.2 Å². The van der Waals surface area contributed by atoms with Crippen LogP contribution in [0.25, 0.3) is 0 Å². The molecule has 0 spiro atoms. The van der Waals surface area contributed by atoms with Crippen molar-refractivity contribution in [3.63, 3.8) is 0 Å². The largest absolute Gasteiger partial charge is 0.493 e. The fraction of sp³-hybridized carbons (Fsp3) is 0.171. The maximum absolute atomic E-state index is 13.7. The molecule has 0 saturated heterocycles. The van der Waals surface area contributed by atoms with E-state index in [0.29, 0.717) is 46.3 Å². The lowest BCUT2D eigenvalue weighted by Gasteiger charge is -2.28. The average Bonchev–Trinajstić information content (AvgIpc) is 3.04. The van der Waals surface area contributed by atoms with Gasteiger partial charge in [0.2, 0.25) is 5.75 Å². The van der Waals surface area contributed by atoms with Gasteiger partial charge in [-0.2, -0.15) is 0 Å². The van der Waals surface area contributed by atoms with Crippen LogP contribution in [-0.2, 0) is 4.79 Å². The van der Waals surface area contributed by atoms with Crippen LogP contribution in [0, 0.1) is 0 Å². The Kier molecular flexibility index (Phi) is 9.49. The van der Waals surface area contributed by atoms with E-state index in [-0.39, 0.29) is 11.7 Å². The molecule has 0 saturated carbocycles. The Hall–Kier alpha value is -4.95. The second-order valence-corrected chi connectivity index (χ2v) is 10.4. The second kappa shape index (κ2) is 13.8. The molecule has 0 aromatic heterocycles. The van der Waals surface area contributed by atoms with Crippen molar-refractivity contribution in [2.24, 2.45) is 4.99 Å². The number of thiocarbonyl (C=S) groups is 1. The zero-order valence-corrected chi connectivity index (χ0v) is 25.1. The number of carbonyl (C=O) groups excluding carboxylic acids is 1. The summed E-state index contributed by atoms with van der Waals surface area (Å²) in [6.07, 6.45) is 2.73. The van der Waals surface area contributed by atoms with Crippen LogP contribution < -0.4 is 24.8 Å². The third-order valence-corrected chi connectivity index (χ3v) is 7.53. The number of nitrogens with zero attached hydrogens (tertiary/aromatic N) is 1. The number of nitrogens with one attached hydrogen (secondary N) is 2. The molecule has 43 heavy (non-hydrogen) atoms. The highest BCUT2D eigenvalue weighted by Gasteiger charge is 2.31. The van der Waals surface area contributed by atoms with Crippen molar-refractivity contribution < 1.29 is 19.0 Å². The van der Waals surface area contributed by atoms with E-state index in [2.05, 4.69) is 22.8 Å². The van der Waals surface area contributed by atoms with Crippen molar-refractivity contribution in [2.45, 2.75) is 18.8 Å². The molecule has 7 nitrogen and oxygen atoms in total. The summed E-state index contributed by atoms with van der Waals surface area (Å²) in [6.45, 7) is 0. The van der Waals surface area contributed by atoms with Gasteiger partial charge in [0.25, 0.3) is 0 Å². The molecule has 0 amide bonds. The Morgan fingerprint density at radius 3 is 2.12 bits per heavy atom. The fourth-order valence-electron chi connectivity index (χ4n) is 5.14. The third kappa shape index (κ3) is 6.93. The topological polar surface area (TPSA) is 81.2 Å². The summed E-state index contributed by atoms with van der Waals surface area (Å²) in [4.78, 5) is 18.9. The fourth-order valence-corrected chi connectivity index (χ4v) is 5.50. The number of anilines is 2. The molecule has 2 N–H and O–H groups in total. The van der Waals surface area contributed by atoms with E-state index in [1.54, 1.807) is 27.5 Å². The van der Waals surface area contributed by atoms with Gasteiger partial charge >= 0.3 is 0 Å². The van der Waals surface area contributed by atoms with E-state index in [9.17, 15) is 4.79 Å². The highest BCUT2D eigenvalue weighted by atomic mass is 32.1. The molecule has 0 heterocycles. The summed E-state index contributed by atoms with van der Waals surface area (Å²) in [5.74, 6) is 1.61. The molecule has 0 radical (unpaired) electrons. The van der Waals surface area contributed by atoms with Crippen LogP contribution in [0.3, 0.4) is 0 Å². The lowest BCUT2D eigenvalue weighted by Crippen LogP contribution is -2.29. The number of ether oxygens (including phenoxy) is 3. The summed E-state index contributed by atoms with van der Waals surface area (Å²) in [5.41, 5.74) is 5.41. The zero-order valence-electron chi connectivity index (χ0n) is 24.3. The number of Topliss-reactive ketones (excluding diaryl/α,β-unsaturated/α-hetero) is 1. The van der Waals surface area contributed by atoms with Gasteiger partial charge in [-0.05, 0) is 54.3 Å². The number of aliphatic imine (C=N–C) groups is 1. The molecular weight excluding hydrogens is 558 g/mol. The maximum atomic E-state index is 13.7. The number of allylic oxidation sites excluding steroid dienone is 1. The number of hydrogen-bond acceptors (Lipinski definition) is 7. The smallest absolute Gasteiger partial charge is 0.203 e. The summed E-state index contributed by atoms with van der Waals surface area (Å²) >= 11 is 5.80. The quantitative estimate of drug-likeness (QED) is 0.144. The van der Waals surface area contributed by atoms with Crippen LogP contribution in [-0.4, -0.2) is 38.3 Å². The Morgan fingerprint density at radius 1 is 0.837 bits per heavy atom. The number of hydrogen-bond donors (Lipinski definition) is 2. The normalized spacial score (nSPS) is 14.9. The van der Waals surface area contributed by atoms with Gasteiger partial charge in [0.1, 0.15) is 4.99 Å². The number of benzene rings is 4. The van der Waals surface area contributed by atoms with E-state index in [1.807, 2.05) is 84.9 Å². The van der Waals surface area contributed by atoms with Gasteiger partial charge < -0.3 is 24.8 Å². The monoisotopic (exact) mass is 591 g/mol. The minimum absolute atomic E-state index is 0.00515. The van der Waals surface area contributed by atoms with Crippen LogP contribution in [0.1, 0.15) is 29.9 Å². The Balaban J connectivity index is 1.50. The first-order valence-electron chi connectivity index (χ1n) is 13.9. The lowest BCUT2D eigenvalue weighted by atomic mass is 9.81. The predicted octanol–water partition coefficient (Wildman–Crippen LogP) is 7.72. The summed E-state index contributed by atoms with van der Waals surface area (Å²) < 4.78 is 16.4. The van der Waals surface area contributed by atoms with Crippen LogP contribution in [0.5, 0.6) is 17.2 Å². The van der Waals surface area contributed by atoms with Gasteiger partial charge in [-0.25, -0.2) is 0 Å². The Morgan fingerprint density at radius 2 is 1.47 bits per heavy atom. The standard InChI is InChI=1S/C35H33N3O4S/c1-40-31-18-23(19-32(41-2)34(31)42-3)22-36-27-16-10-11-17-28(27)38-29-20-25(24-12-6-4-7-13-24)21-30(39)33(29)35(43)37-26-14-8-5-9-15-26/h4-19,22,25,38H,20-21H2,1-3H3,(H,37,43)/t25-/m1/s1. The van der Waals surface area contributed by atoms with Crippen molar-refractivity contribution in [3.05, 3.63) is 119 Å². The van der Waals surface area contributed by atoms with Crippen LogP contribution in [0.2, 0.25) is 0 Å². The molecule has 0 unspecified atom stereocenters. The molecule has 8 heteroatoms. The molecule has 0 aliphatic heterocycles. The van der Waals surface area contributed by atoms with Gasteiger partial charge in [-0.1, -0.05) is 72.9 Å². The molecule has 1 atom stereocenters. The van der Waals surface area contributed by atoms with Crippen LogP contribution >= 0.6 is 12.2 Å². The molecule has 0 fully saturated rings. The first kappa shape index (κ1) is 29.5. The van der Waals surface area contributed by atoms with Crippen LogP contribution in [0.15, 0.2) is 113 Å².